The summed E-state index contributed by atoms with van der Waals surface area (Å²) in [5.41, 5.74) is 0.854. The molecule has 24 heavy (non-hydrogen) atoms. The monoisotopic (exact) mass is 362 g/mol. The van der Waals surface area contributed by atoms with Crippen LogP contribution < -0.4 is 4.90 Å². The third kappa shape index (κ3) is 4.60. The molecule has 2 aromatic rings. The van der Waals surface area contributed by atoms with E-state index in [2.05, 4.69) is 14.8 Å². The number of carbonyl (C=O) groups is 1. The van der Waals surface area contributed by atoms with E-state index in [1.807, 2.05) is 0 Å². The van der Waals surface area contributed by atoms with Crippen LogP contribution in [0.4, 0.5) is 23.7 Å². The first kappa shape index (κ1) is 18.1. The number of pyridine rings is 1. The average Bonchev–Trinajstić information content (AvgIpc) is 2.90. The highest BCUT2D eigenvalue weighted by molar-refractivity contribution is 6.32. The van der Waals surface area contributed by atoms with Crippen LogP contribution >= 0.6 is 11.6 Å². The predicted octanol–water partition coefficient (Wildman–Crippen LogP) is 3.84. The number of halogens is 4. The van der Waals surface area contributed by atoms with Crippen molar-refractivity contribution in [2.45, 2.75) is 19.5 Å². The second-order valence-corrected chi connectivity index (χ2v) is 5.04. The Morgan fingerprint density at radius 2 is 2.21 bits per heavy atom. The molecule has 0 aliphatic rings. The highest BCUT2D eigenvalue weighted by atomic mass is 35.5. The summed E-state index contributed by atoms with van der Waals surface area (Å²) in [6.45, 7) is 1.04. The Kier molecular flexibility index (Phi) is 5.66. The first-order chi connectivity index (χ1) is 11.3. The lowest BCUT2D eigenvalue weighted by molar-refractivity contribution is -0.141. The summed E-state index contributed by atoms with van der Waals surface area (Å²) in [5, 5.41) is 4.09. The van der Waals surface area contributed by atoms with Crippen molar-refractivity contribution < 1.29 is 22.7 Å². The topological polar surface area (TPSA) is 60.2 Å². The number of rotatable bonds is 5. The second-order valence-electron chi connectivity index (χ2n) is 4.68. The molecule has 0 aliphatic carbocycles. The molecule has 0 saturated heterocycles. The molecule has 130 valence electrons. The van der Waals surface area contributed by atoms with Crippen LogP contribution in [0.5, 0.6) is 0 Å². The van der Waals surface area contributed by atoms with E-state index in [9.17, 15) is 18.0 Å². The summed E-state index contributed by atoms with van der Waals surface area (Å²) in [5.74, 6) is 0. The molecule has 2 heterocycles. The summed E-state index contributed by atoms with van der Waals surface area (Å²) in [6.07, 6.45) is -1.90. The third-order valence-electron chi connectivity index (χ3n) is 3.00. The molecule has 0 aromatic carbocycles. The van der Waals surface area contributed by atoms with Crippen LogP contribution in [0.15, 0.2) is 30.7 Å². The lowest BCUT2D eigenvalue weighted by Gasteiger charge is -2.19. The van der Waals surface area contributed by atoms with Gasteiger partial charge in [0.05, 0.1) is 24.5 Å². The van der Waals surface area contributed by atoms with Gasteiger partial charge < -0.3 is 4.74 Å². The van der Waals surface area contributed by atoms with E-state index < -0.39 is 25.3 Å². The van der Waals surface area contributed by atoms with Gasteiger partial charge in [-0.1, -0.05) is 11.6 Å². The number of amides is 1. The molecular formula is C14H14ClF3N4O2. The van der Waals surface area contributed by atoms with Gasteiger partial charge in [-0.25, -0.2) is 9.48 Å². The molecule has 0 saturated carbocycles. The van der Waals surface area contributed by atoms with Crippen LogP contribution in [0.3, 0.4) is 0 Å². The van der Waals surface area contributed by atoms with Gasteiger partial charge in [-0.3, -0.25) is 9.88 Å². The molecule has 0 spiro atoms. The fourth-order valence-corrected chi connectivity index (χ4v) is 2.11. The second kappa shape index (κ2) is 7.52. The Morgan fingerprint density at radius 3 is 2.79 bits per heavy atom. The molecule has 10 heteroatoms. The fraction of sp³-hybridized carbons (Fsp3) is 0.357. The largest absolute Gasteiger partial charge is 0.449 e. The molecule has 2 aromatic heterocycles. The van der Waals surface area contributed by atoms with E-state index in [-0.39, 0.29) is 17.4 Å². The van der Waals surface area contributed by atoms with Crippen molar-refractivity contribution in [2.75, 3.05) is 18.1 Å². The Morgan fingerprint density at radius 1 is 1.46 bits per heavy atom. The van der Waals surface area contributed by atoms with Crippen LogP contribution in [0, 0.1) is 0 Å². The van der Waals surface area contributed by atoms with Gasteiger partial charge in [0, 0.05) is 12.7 Å². The standard InChI is InChI=1S/C14H14ClF3N4O2/c1-2-21(13(23)24-7-5-14(16,17)18)11-9-22(20-12(11)15)10-4-3-6-19-8-10/h3-4,6,8-9H,2,5,7H2,1H3. The molecule has 6 nitrogen and oxygen atoms in total. The van der Waals surface area contributed by atoms with Crippen LogP contribution in [0.2, 0.25) is 5.15 Å². The molecule has 2 rings (SSSR count). The van der Waals surface area contributed by atoms with E-state index in [4.69, 9.17) is 11.6 Å². The van der Waals surface area contributed by atoms with E-state index in [1.54, 1.807) is 31.5 Å². The molecule has 0 bridgehead atoms. The lowest BCUT2D eigenvalue weighted by atomic mass is 10.4. The number of hydrogen-bond acceptors (Lipinski definition) is 4. The Hall–Kier alpha value is -2.29. The predicted molar refractivity (Wildman–Crippen MR) is 81.4 cm³/mol. The van der Waals surface area contributed by atoms with Crippen LogP contribution in [0.1, 0.15) is 13.3 Å². The zero-order chi connectivity index (χ0) is 17.7. The lowest BCUT2D eigenvalue weighted by Crippen LogP contribution is -2.32. The van der Waals surface area contributed by atoms with Crippen LogP contribution in [-0.2, 0) is 4.74 Å². The van der Waals surface area contributed by atoms with E-state index in [1.165, 1.54) is 10.9 Å². The normalized spacial score (nSPS) is 11.4. The van der Waals surface area contributed by atoms with Gasteiger partial charge in [0.1, 0.15) is 12.3 Å². The summed E-state index contributed by atoms with van der Waals surface area (Å²) in [4.78, 5) is 17.0. The summed E-state index contributed by atoms with van der Waals surface area (Å²) in [7, 11) is 0. The summed E-state index contributed by atoms with van der Waals surface area (Å²) < 4.78 is 42.4. The fourth-order valence-electron chi connectivity index (χ4n) is 1.88. The zero-order valence-corrected chi connectivity index (χ0v) is 13.4. The molecule has 0 fully saturated rings. The Labute approximate surface area is 140 Å². The minimum Gasteiger partial charge on any atom is -0.449 e. The number of nitrogens with zero attached hydrogens (tertiary/aromatic N) is 4. The van der Waals surface area contributed by atoms with Gasteiger partial charge in [-0.2, -0.15) is 18.3 Å². The Balaban J connectivity index is 2.13. The maximum absolute atomic E-state index is 12.1. The van der Waals surface area contributed by atoms with Crippen molar-refractivity contribution in [3.8, 4) is 5.69 Å². The van der Waals surface area contributed by atoms with Gasteiger partial charge in [0.2, 0.25) is 0 Å². The number of ether oxygens (including phenoxy) is 1. The van der Waals surface area contributed by atoms with Gasteiger partial charge in [-0.15, -0.1) is 0 Å². The SMILES string of the molecule is CCN(C(=O)OCCC(F)(F)F)c1cn(-c2cccnc2)nc1Cl. The molecule has 0 unspecified atom stereocenters. The van der Waals surface area contributed by atoms with Crippen molar-refractivity contribution in [2.24, 2.45) is 0 Å². The van der Waals surface area contributed by atoms with Crippen molar-refractivity contribution in [3.63, 3.8) is 0 Å². The molecule has 0 atom stereocenters. The Bertz CT molecular complexity index is 691. The van der Waals surface area contributed by atoms with Crippen LogP contribution in [0.25, 0.3) is 5.69 Å². The molecule has 0 radical (unpaired) electrons. The quantitative estimate of drug-likeness (QED) is 0.811. The minimum atomic E-state index is -4.39. The first-order valence-corrected chi connectivity index (χ1v) is 7.36. The maximum Gasteiger partial charge on any atom is 0.414 e. The van der Waals surface area contributed by atoms with Crippen molar-refractivity contribution in [1.29, 1.82) is 0 Å². The van der Waals surface area contributed by atoms with E-state index in [0.29, 0.717) is 5.69 Å². The molecular weight excluding hydrogens is 349 g/mol. The van der Waals surface area contributed by atoms with Gasteiger partial charge in [-0.05, 0) is 19.1 Å². The first-order valence-electron chi connectivity index (χ1n) is 6.98. The van der Waals surface area contributed by atoms with E-state index >= 15 is 0 Å². The van der Waals surface area contributed by atoms with Gasteiger partial charge in [0.25, 0.3) is 0 Å². The molecule has 0 N–H and O–H groups in total. The number of anilines is 1. The molecule has 0 aliphatic heterocycles. The number of hydrogen-bond donors (Lipinski definition) is 0. The van der Waals surface area contributed by atoms with Gasteiger partial charge >= 0.3 is 12.3 Å². The maximum atomic E-state index is 12.1. The smallest absolute Gasteiger partial charge is 0.414 e. The summed E-state index contributed by atoms with van der Waals surface area (Å²) >= 11 is 6.04. The zero-order valence-electron chi connectivity index (χ0n) is 12.6. The van der Waals surface area contributed by atoms with E-state index in [0.717, 1.165) is 4.90 Å². The average molecular weight is 363 g/mol. The van der Waals surface area contributed by atoms with Gasteiger partial charge in [0.15, 0.2) is 5.15 Å². The molecule has 1 amide bonds. The minimum absolute atomic E-state index is 0.0217. The van der Waals surface area contributed by atoms with Crippen molar-refractivity contribution >= 4 is 23.4 Å². The highest BCUT2D eigenvalue weighted by Crippen LogP contribution is 2.27. The van der Waals surface area contributed by atoms with Crippen molar-refractivity contribution in [1.82, 2.24) is 14.8 Å². The number of aromatic nitrogens is 3. The highest BCUT2D eigenvalue weighted by Gasteiger charge is 2.28. The van der Waals surface area contributed by atoms with Crippen molar-refractivity contribution in [3.05, 3.63) is 35.9 Å². The number of carbonyl (C=O) groups excluding carboxylic acids is 1. The third-order valence-corrected chi connectivity index (χ3v) is 3.27. The summed E-state index contributed by atoms with van der Waals surface area (Å²) in [6, 6.07) is 3.44. The number of alkyl halides is 3. The van der Waals surface area contributed by atoms with Crippen LogP contribution in [-0.4, -0.2) is 40.2 Å².